The van der Waals surface area contributed by atoms with Crippen LogP contribution in [-0.2, 0) is 0 Å². The van der Waals surface area contributed by atoms with Crippen molar-refractivity contribution in [3.05, 3.63) is 243 Å². The Morgan fingerprint density at radius 1 is 0.206 bits per heavy atom. The molecule has 2 nitrogen and oxygen atoms in total. The Morgan fingerprint density at radius 3 is 1.02 bits per heavy atom. The van der Waals surface area contributed by atoms with Crippen molar-refractivity contribution in [2.45, 2.75) is 0 Å². The van der Waals surface area contributed by atoms with Gasteiger partial charge >= 0.3 is 0 Å². The Bertz CT molecular complexity index is 3650. The van der Waals surface area contributed by atoms with E-state index in [4.69, 9.17) is 0 Å². The first kappa shape index (κ1) is 36.8. The normalized spacial score (nSPS) is 11.5. The second kappa shape index (κ2) is 15.5. The van der Waals surface area contributed by atoms with Crippen LogP contribution in [0.4, 0.5) is 34.1 Å². The van der Waals surface area contributed by atoms with Crippen molar-refractivity contribution < 1.29 is 0 Å². The Hall–Kier alpha value is -7.98. The molecule has 0 saturated heterocycles. The number of hydrogen-bond donors (Lipinski definition) is 0. The number of nitrogens with zero attached hydrogens (tertiary/aromatic N) is 2. The summed E-state index contributed by atoms with van der Waals surface area (Å²) < 4.78 is 2.57. The lowest BCUT2D eigenvalue weighted by atomic mass is 9.92. The fourth-order valence-electron chi connectivity index (χ4n) is 9.67. The molecule has 0 aliphatic carbocycles. The lowest BCUT2D eigenvalue weighted by Gasteiger charge is -2.26. The van der Waals surface area contributed by atoms with Crippen LogP contribution in [0.25, 0.3) is 74.0 Å². The van der Waals surface area contributed by atoms with Gasteiger partial charge in [0.1, 0.15) is 0 Å². The van der Waals surface area contributed by atoms with Crippen LogP contribution in [0.1, 0.15) is 0 Å². The zero-order chi connectivity index (χ0) is 41.7. The van der Waals surface area contributed by atoms with Gasteiger partial charge in [-0.3, -0.25) is 0 Å². The van der Waals surface area contributed by atoms with Crippen LogP contribution < -0.4 is 9.80 Å². The number of para-hydroxylation sites is 4. The Morgan fingerprint density at radius 2 is 0.540 bits per heavy atom. The molecule has 0 saturated carbocycles. The van der Waals surface area contributed by atoms with Crippen LogP contribution in [0.2, 0.25) is 0 Å². The van der Waals surface area contributed by atoms with Gasteiger partial charge in [0.15, 0.2) is 0 Å². The van der Waals surface area contributed by atoms with E-state index in [-0.39, 0.29) is 0 Å². The Kier molecular flexibility index (Phi) is 9.06. The Labute approximate surface area is 370 Å². The quantitative estimate of drug-likeness (QED) is 0.165. The van der Waals surface area contributed by atoms with Crippen molar-refractivity contribution in [2.75, 3.05) is 9.80 Å². The van der Waals surface area contributed by atoms with Gasteiger partial charge in [-0.2, -0.15) is 0 Å². The van der Waals surface area contributed by atoms with Crippen LogP contribution in [-0.4, -0.2) is 0 Å². The lowest BCUT2D eigenvalue weighted by molar-refractivity contribution is 1.29. The predicted molar refractivity (Wildman–Crippen MR) is 274 cm³/mol. The number of rotatable bonds is 6. The summed E-state index contributed by atoms with van der Waals surface area (Å²) in [5, 5.41) is 14.6. The van der Waals surface area contributed by atoms with Gasteiger partial charge in [0.25, 0.3) is 0 Å². The van der Waals surface area contributed by atoms with Gasteiger partial charge in [0.2, 0.25) is 0 Å². The highest BCUT2D eigenvalue weighted by Gasteiger charge is 2.19. The second-order valence-electron chi connectivity index (χ2n) is 16.0. The molecule has 0 bridgehead atoms. The van der Waals surface area contributed by atoms with Crippen LogP contribution in [0.3, 0.4) is 0 Å². The minimum Gasteiger partial charge on any atom is -0.310 e. The number of benzene rings is 10. The molecular formula is C60H40N2S. The van der Waals surface area contributed by atoms with E-state index >= 15 is 0 Å². The highest BCUT2D eigenvalue weighted by molar-refractivity contribution is 7.26. The van der Waals surface area contributed by atoms with E-state index in [1.807, 2.05) is 11.3 Å². The van der Waals surface area contributed by atoms with Gasteiger partial charge in [0.05, 0.1) is 0 Å². The first-order valence-corrected chi connectivity index (χ1v) is 22.3. The molecule has 12 rings (SSSR count). The molecule has 12 aromatic rings. The largest absolute Gasteiger partial charge is 0.310 e. The van der Waals surface area contributed by atoms with Crippen molar-refractivity contribution in [3.8, 4) is 0 Å². The third-order valence-corrected chi connectivity index (χ3v) is 13.5. The highest BCUT2D eigenvalue weighted by atomic mass is 32.1. The number of anilines is 6. The van der Waals surface area contributed by atoms with Gasteiger partial charge in [-0.25, -0.2) is 0 Å². The van der Waals surface area contributed by atoms with Gasteiger partial charge in [0, 0.05) is 54.3 Å². The minimum absolute atomic E-state index is 1.10. The summed E-state index contributed by atoms with van der Waals surface area (Å²) in [6.45, 7) is 0. The SMILES string of the molecule is c1ccc(N(c2ccccc2)c2ccc3c4ccccc4c4ccc(N(c5ccccc5)c5ccccc5)cc4c4ccc5sc6ccccc6c5c4c4ccccc4c3c2)cc1. The predicted octanol–water partition coefficient (Wildman–Crippen LogP) is 17.9. The number of thiophene rings is 1. The van der Waals surface area contributed by atoms with Gasteiger partial charge in [-0.1, -0.05) is 158 Å². The number of hydrogen-bond acceptors (Lipinski definition) is 3. The van der Waals surface area contributed by atoms with Crippen LogP contribution in [0.5, 0.6) is 0 Å². The summed E-state index contributed by atoms with van der Waals surface area (Å²) >= 11 is 1.88. The summed E-state index contributed by atoms with van der Waals surface area (Å²) in [5.41, 5.74) is 6.64. The highest BCUT2D eigenvalue weighted by Crippen LogP contribution is 2.46. The molecule has 63 heavy (non-hydrogen) atoms. The molecule has 11 aromatic carbocycles. The van der Waals surface area contributed by atoms with Gasteiger partial charge < -0.3 is 9.80 Å². The summed E-state index contributed by atoms with van der Waals surface area (Å²) in [5.74, 6) is 0. The topological polar surface area (TPSA) is 6.48 Å². The molecule has 296 valence electrons. The fourth-order valence-corrected chi connectivity index (χ4v) is 10.8. The van der Waals surface area contributed by atoms with Crippen LogP contribution in [0.15, 0.2) is 243 Å². The monoisotopic (exact) mass is 820 g/mol. The lowest BCUT2D eigenvalue weighted by Crippen LogP contribution is -2.09. The smallest absolute Gasteiger partial charge is 0.0468 e. The molecule has 1 aromatic heterocycles. The molecule has 0 atom stereocenters. The summed E-state index contributed by atoms with van der Waals surface area (Å²) in [6, 6.07) is 88.7. The molecule has 0 unspecified atom stereocenters. The minimum atomic E-state index is 1.10. The van der Waals surface area contributed by atoms with E-state index < -0.39 is 0 Å². The van der Waals surface area contributed by atoms with E-state index in [0.717, 1.165) is 34.1 Å². The van der Waals surface area contributed by atoms with E-state index in [1.54, 1.807) is 0 Å². The average molecular weight is 821 g/mol. The van der Waals surface area contributed by atoms with Gasteiger partial charge in [-0.05, 0) is 139 Å². The van der Waals surface area contributed by atoms with Crippen molar-refractivity contribution in [1.29, 1.82) is 0 Å². The van der Waals surface area contributed by atoms with Crippen LogP contribution >= 0.6 is 11.3 Å². The third-order valence-electron chi connectivity index (χ3n) is 12.4. The Balaban J connectivity index is 1.30. The maximum atomic E-state index is 2.43. The maximum Gasteiger partial charge on any atom is 0.0468 e. The maximum absolute atomic E-state index is 2.43. The molecule has 0 N–H and O–H groups in total. The summed E-state index contributed by atoms with van der Waals surface area (Å²) in [7, 11) is 0. The van der Waals surface area contributed by atoms with Crippen molar-refractivity contribution in [2.24, 2.45) is 0 Å². The molecule has 3 heteroatoms. The molecular weight excluding hydrogens is 781 g/mol. The first-order chi connectivity index (χ1) is 31.3. The molecule has 0 amide bonds. The zero-order valence-electron chi connectivity index (χ0n) is 34.4. The van der Waals surface area contributed by atoms with Gasteiger partial charge in [-0.15, -0.1) is 11.3 Å². The first-order valence-electron chi connectivity index (χ1n) is 21.5. The van der Waals surface area contributed by atoms with E-state index in [2.05, 4.69) is 252 Å². The van der Waals surface area contributed by atoms with Crippen molar-refractivity contribution in [3.63, 3.8) is 0 Å². The summed E-state index contributed by atoms with van der Waals surface area (Å²) in [6.07, 6.45) is 0. The molecule has 0 spiro atoms. The summed E-state index contributed by atoms with van der Waals surface area (Å²) in [4.78, 5) is 4.74. The fraction of sp³-hybridized carbons (Fsp3) is 0. The average Bonchev–Trinajstić information content (AvgIpc) is 3.74. The molecule has 1 heterocycles. The molecule has 0 fully saturated rings. The van der Waals surface area contributed by atoms with E-state index in [9.17, 15) is 0 Å². The molecule has 0 aliphatic heterocycles. The molecule has 0 radical (unpaired) electrons. The van der Waals surface area contributed by atoms with E-state index in [0.29, 0.717) is 0 Å². The van der Waals surface area contributed by atoms with E-state index in [1.165, 1.54) is 74.0 Å². The van der Waals surface area contributed by atoms with Crippen LogP contribution in [0, 0.1) is 0 Å². The third kappa shape index (κ3) is 6.33. The molecule has 0 aliphatic rings. The van der Waals surface area contributed by atoms with Crippen molar-refractivity contribution in [1.82, 2.24) is 0 Å². The zero-order valence-corrected chi connectivity index (χ0v) is 35.2. The second-order valence-corrected chi connectivity index (χ2v) is 17.1. The number of fused-ring (bicyclic) bond motifs is 14. The van der Waals surface area contributed by atoms with Crippen molar-refractivity contribution >= 4 is 119 Å². The standard InChI is InChI=1S/C60H40N2S/c1-5-19-41(20-6-1)61(42-21-7-2-8-22-42)45-33-35-50-47-27-13-14-28-48(47)51-36-34-46(62(43-23-9-3-10-24-43)44-25-11-4-12-26-44)40-56(51)53-37-38-58-60(54-31-17-18-32-57(54)63-58)59(53)52-30-16-15-29-49(52)55(50)39-45/h1-40H.